The van der Waals surface area contributed by atoms with Crippen LogP contribution in [-0.4, -0.2) is 5.91 Å². The summed E-state index contributed by atoms with van der Waals surface area (Å²) in [5.41, 5.74) is 14.5. The van der Waals surface area contributed by atoms with E-state index in [0.29, 0.717) is 11.3 Å². The molecule has 1 amide bonds. The van der Waals surface area contributed by atoms with E-state index >= 15 is 0 Å². The van der Waals surface area contributed by atoms with Gasteiger partial charge < -0.3 is 11.5 Å². The molecule has 0 unspecified atom stereocenters. The smallest absolute Gasteiger partial charge is 0.249 e. The Hall–Kier alpha value is -1.94. The fraction of sp³-hybridized carbons (Fsp3) is 0.133. The third-order valence-corrected chi connectivity index (χ3v) is 4.09. The van der Waals surface area contributed by atoms with Gasteiger partial charge in [0.1, 0.15) is 0 Å². The molecule has 4 N–H and O–H groups in total. The average Bonchev–Trinajstić information content (AvgIpc) is 2.38. The van der Waals surface area contributed by atoms with Gasteiger partial charge in [0.2, 0.25) is 5.91 Å². The van der Waals surface area contributed by atoms with Crippen LogP contribution in [0.5, 0.6) is 0 Å². The lowest BCUT2D eigenvalue weighted by Crippen LogP contribution is -2.13. The van der Waals surface area contributed by atoms with Crippen LogP contribution in [0.4, 0.5) is 5.69 Å². The van der Waals surface area contributed by atoms with Crippen molar-refractivity contribution in [2.75, 3.05) is 5.73 Å². The molecule has 0 aliphatic heterocycles. The van der Waals surface area contributed by atoms with Crippen molar-refractivity contribution in [2.45, 2.75) is 17.6 Å². The Kier molecular flexibility index (Phi) is 4.12. The Labute approximate surface area is 117 Å². The summed E-state index contributed by atoms with van der Waals surface area (Å²) >= 11 is 1.68. The molecular formula is C15H16N2OS. The molecular weight excluding hydrogens is 256 g/mol. The van der Waals surface area contributed by atoms with Gasteiger partial charge in [-0.15, -0.1) is 11.8 Å². The minimum absolute atomic E-state index is 0.384. The van der Waals surface area contributed by atoms with Crippen molar-refractivity contribution in [3.05, 3.63) is 59.2 Å². The summed E-state index contributed by atoms with van der Waals surface area (Å²) in [6.07, 6.45) is 0. The summed E-state index contributed by atoms with van der Waals surface area (Å²) < 4.78 is 0. The first-order valence-electron chi connectivity index (χ1n) is 5.94. The van der Waals surface area contributed by atoms with Gasteiger partial charge in [0.15, 0.2) is 0 Å². The molecule has 2 aromatic rings. The maximum Gasteiger partial charge on any atom is 0.249 e. The number of benzene rings is 2. The number of rotatable bonds is 4. The summed E-state index contributed by atoms with van der Waals surface area (Å²) in [5.74, 6) is 0.328. The molecule has 0 aliphatic rings. The van der Waals surface area contributed by atoms with Crippen LogP contribution in [0, 0.1) is 6.92 Å². The van der Waals surface area contributed by atoms with E-state index in [1.54, 1.807) is 17.8 Å². The van der Waals surface area contributed by atoms with E-state index in [4.69, 9.17) is 11.5 Å². The molecule has 0 saturated carbocycles. The van der Waals surface area contributed by atoms with Crippen LogP contribution in [0.15, 0.2) is 47.4 Å². The van der Waals surface area contributed by atoms with Gasteiger partial charge in [-0.1, -0.05) is 18.2 Å². The summed E-state index contributed by atoms with van der Waals surface area (Å²) in [5, 5.41) is 0. The van der Waals surface area contributed by atoms with E-state index in [2.05, 4.69) is 0 Å². The molecule has 0 spiro atoms. The molecule has 0 aliphatic carbocycles. The van der Waals surface area contributed by atoms with Gasteiger partial charge in [0.25, 0.3) is 0 Å². The maximum atomic E-state index is 11.3. The first-order chi connectivity index (χ1) is 9.08. The second-order valence-electron chi connectivity index (χ2n) is 4.34. The first-order valence-corrected chi connectivity index (χ1v) is 6.93. The number of nitrogens with two attached hydrogens (primary N) is 2. The van der Waals surface area contributed by atoms with Crippen molar-refractivity contribution in [3.8, 4) is 0 Å². The van der Waals surface area contributed by atoms with E-state index in [1.807, 2.05) is 43.3 Å². The van der Waals surface area contributed by atoms with E-state index < -0.39 is 0 Å². The normalized spacial score (nSPS) is 10.4. The highest BCUT2D eigenvalue weighted by Crippen LogP contribution is 2.28. The molecule has 0 radical (unpaired) electrons. The van der Waals surface area contributed by atoms with E-state index in [0.717, 1.165) is 21.7 Å². The molecule has 0 fully saturated rings. The number of amides is 1. The van der Waals surface area contributed by atoms with Crippen LogP contribution in [-0.2, 0) is 5.75 Å². The number of anilines is 1. The maximum absolute atomic E-state index is 11.3. The first kappa shape index (κ1) is 13.5. The van der Waals surface area contributed by atoms with Crippen molar-refractivity contribution in [3.63, 3.8) is 0 Å². The molecule has 0 bridgehead atoms. The van der Waals surface area contributed by atoms with Gasteiger partial charge in [-0.3, -0.25) is 4.79 Å². The molecule has 0 atom stereocenters. The number of carbonyl (C=O) groups excluding carboxylic acids is 1. The number of hydrogen-bond donors (Lipinski definition) is 2. The fourth-order valence-electron chi connectivity index (χ4n) is 1.88. The van der Waals surface area contributed by atoms with Gasteiger partial charge in [-0.05, 0) is 42.3 Å². The Morgan fingerprint density at radius 1 is 1.21 bits per heavy atom. The second-order valence-corrected chi connectivity index (χ2v) is 5.35. The monoisotopic (exact) mass is 272 g/mol. The van der Waals surface area contributed by atoms with Crippen LogP contribution >= 0.6 is 11.8 Å². The number of carbonyl (C=O) groups is 1. The summed E-state index contributed by atoms with van der Waals surface area (Å²) in [6, 6.07) is 13.3. The zero-order valence-electron chi connectivity index (χ0n) is 10.7. The standard InChI is InChI=1S/C15H16N2OS/c1-10-8-12(16)6-7-14(10)19-9-11-4-2-3-5-13(11)15(17)18/h2-8H,9,16H2,1H3,(H2,17,18). The molecule has 0 saturated heterocycles. The van der Waals surface area contributed by atoms with Gasteiger partial charge >= 0.3 is 0 Å². The Morgan fingerprint density at radius 3 is 2.63 bits per heavy atom. The minimum atomic E-state index is -0.384. The number of nitrogen functional groups attached to an aromatic ring is 1. The lowest BCUT2D eigenvalue weighted by molar-refractivity contribution is 0.0999. The van der Waals surface area contributed by atoms with Crippen LogP contribution in [0.25, 0.3) is 0 Å². The third kappa shape index (κ3) is 3.29. The summed E-state index contributed by atoms with van der Waals surface area (Å²) in [7, 11) is 0. The second kappa shape index (κ2) is 5.80. The van der Waals surface area contributed by atoms with Crippen molar-refractivity contribution in [1.82, 2.24) is 0 Å². The Balaban J connectivity index is 2.17. The molecule has 3 nitrogen and oxygen atoms in total. The summed E-state index contributed by atoms with van der Waals surface area (Å²) in [4.78, 5) is 12.5. The highest BCUT2D eigenvalue weighted by atomic mass is 32.2. The molecule has 4 heteroatoms. The largest absolute Gasteiger partial charge is 0.399 e. The number of thioether (sulfide) groups is 1. The van der Waals surface area contributed by atoms with Crippen molar-refractivity contribution < 1.29 is 4.79 Å². The lowest BCUT2D eigenvalue weighted by Gasteiger charge is -2.09. The molecule has 0 heterocycles. The van der Waals surface area contributed by atoms with Crippen molar-refractivity contribution >= 4 is 23.4 Å². The Bertz CT molecular complexity index is 611. The molecule has 0 aromatic heterocycles. The molecule has 98 valence electrons. The number of aryl methyl sites for hydroxylation is 1. The quantitative estimate of drug-likeness (QED) is 0.664. The van der Waals surface area contributed by atoms with Gasteiger partial charge in [-0.2, -0.15) is 0 Å². The topological polar surface area (TPSA) is 69.1 Å². The summed E-state index contributed by atoms with van der Waals surface area (Å²) in [6.45, 7) is 2.03. The van der Waals surface area contributed by atoms with Crippen LogP contribution in [0.2, 0.25) is 0 Å². The zero-order chi connectivity index (χ0) is 13.8. The average molecular weight is 272 g/mol. The van der Waals surface area contributed by atoms with Crippen LogP contribution in [0.3, 0.4) is 0 Å². The van der Waals surface area contributed by atoms with E-state index in [-0.39, 0.29) is 5.91 Å². The van der Waals surface area contributed by atoms with Crippen molar-refractivity contribution in [2.24, 2.45) is 5.73 Å². The van der Waals surface area contributed by atoms with Crippen molar-refractivity contribution in [1.29, 1.82) is 0 Å². The fourth-order valence-corrected chi connectivity index (χ4v) is 2.89. The SMILES string of the molecule is Cc1cc(N)ccc1SCc1ccccc1C(N)=O. The van der Waals surface area contributed by atoms with Crippen LogP contribution in [0.1, 0.15) is 21.5 Å². The number of hydrogen-bond acceptors (Lipinski definition) is 3. The predicted molar refractivity (Wildman–Crippen MR) is 80.1 cm³/mol. The lowest BCUT2D eigenvalue weighted by atomic mass is 10.1. The third-order valence-electron chi connectivity index (χ3n) is 2.86. The number of primary amides is 1. The predicted octanol–water partition coefficient (Wildman–Crippen LogP) is 2.97. The Morgan fingerprint density at radius 2 is 1.95 bits per heavy atom. The van der Waals surface area contributed by atoms with E-state index in [9.17, 15) is 4.79 Å². The minimum Gasteiger partial charge on any atom is -0.399 e. The zero-order valence-corrected chi connectivity index (χ0v) is 11.5. The van der Waals surface area contributed by atoms with Gasteiger partial charge in [-0.25, -0.2) is 0 Å². The molecule has 2 rings (SSSR count). The van der Waals surface area contributed by atoms with Gasteiger partial charge in [0, 0.05) is 21.9 Å². The molecule has 19 heavy (non-hydrogen) atoms. The van der Waals surface area contributed by atoms with E-state index in [1.165, 1.54) is 0 Å². The van der Waals surface area contributed by atoms with Gasteiger partial charge in [0.05, 0.1) is 0 Å². The molecule has 2 aromatic carbocycles. The highest BCUT2D eigenvalue weighted by Gasteiger charge is 2.08. The van der Waals surface area contributed by atoms with Crippen LogP contribution < -0.4 is 11.5 Å². The highest BCUT2D eigenvalue weighted by molar-refractivity contribution is 7.98.